The molecule has 33 heavy (non-hydrogen) atoms. The van der Waals surface area contributed by atoms with Crippen LogP contribution in [0.25, 0.3) is 0 Å². The molecule has 0 aromatic heterocycles. The Kier molecular flexibility index (Phi) is 6.45. The van der Waals surface area contributed by atoms with E-state index >= 15 is 0 Å². The Hall–Kier alpha value is -2.90. The third kappa shape index (κ3) is 4.35. The van der Waals surface area contributed by atoms with Crippen LogP contribution in [-0.4, -0.2) is 30.4 Å². The van der Waals surface area contributed by atoms with Gasteiger partial charge in [0.25, 0.3) is 0 Å². The molecular formula is C25H28ClN3O4. The summed E-state index contributed by atoms with van der Waals surface area (Å²) in [5.41, 5.74) is 1.13. The van der Waals surface area contributed by atoms with E-state index in [0.717, 1.165) is 6.42 Å². The normalized spacial score (nSPS) is 23.5. The summed E-state index contributed by atoms with van der Waals surface area (Å²) < 4.78 is 5.00. The van der Waals surface area contributed by atoms with E-state index in [4.69, 9.17) is 16.3 Å². The number of hydrogen-bond donors (Lipinski definition) is 3. The molecule has 8 heteroatoms. The molecule has 2 aliphatic rings. The number of benzene rings is 2. The van der Waals surface area contributed by atoms with Gasteiger partial charge in [0.1, 0.15) is 5.54 Å². The number of esters is 1. The summed E-state index contributed by atoms with van der Waals surface area (Å²) in [6.07, 6.45) is 1.35. The molecule has 4 rings (SSSR count). The molecule has 0 radical (unpaired) electrons. The Bertz CT molecular complexity index is 1090. The number of ether oxygens (including phenoxy) is 1. The van der Waals surface area contributed by atoms with Crippen LogP contribution in [0, 0.1) is 11.8 Å². The fourth-order valence-electron chi connectivity index (χ4n) is 4.89. The van der Waals surface area contributed by atoms with Gasteiger partial charge in [-0.3, -0.25) is 14.9 Å². The van der Waals surface area contributed by atoms with Crippen molar-refractivity contribution in [2.24, 2.45) is 11.8 Å². The fourth-order valence-corrected chi connectivity index (χ4v) is 5.06. The summed E-state index contributed by atoms with van der Waals surface area (Å²) in [4.78, 5) is 38.7. The van der Waals surface area contributed by atoms with Crippen molar-refractivity contribution in [2.45, 2.75) is 45.2 Å². The van der Waals surface area contributed by atoms with Gasteiger partial charge in [-0.05, 0) is 68.1 Å². The summed E-state index contributed by atoms with van der Waals surface area (Å²) in [6, 6.07) is 11.8. The Labute approximate surface area is 198 Å². The lowest BCUT2D eigenvalue weighted by Crippen LogP contribution is -2.52. The van der Waals surface area contributed by atoms with Crippen molar-refractivity contribution in [3.63, 3.8) is 0 Å². The average Bonchev–Trinajstić information content (AvgIpc) is 3.27. The number of hydrogen-bond acceptors (Lipinski definition) is 5. The van der Waals surface area contributed by atoms with Crippen LogP contribution in [0.15, 0.2) is 42.5 Å². The van der Waals surface area contributed by atoms with E-state index < -0.39 is 17.4 Å². The van der Waals surface area contributed by atoms with Crippen LogP contribution >= 0.6 is 11.6 Å². The Morgan fingerprint density at radius 2 is 1.94 bits per heavy atom. The summed E-state index contributed by atoms with van der Waals surface area (Å²) in [5.74, 6) is -1.16. The first-order valence-electron chi connectivity index (χ1n) is 11.2. The van der Waals surface area contributed by atoms with E-state index in [9.17, 15) is 14.4 Å². The third-order valence-electron chi connectivity index (χ3n) is 6.22. The second-order valence-corrected chi connectivity index (χ2v) is 9.43. The van der Waals surface area contributed by atoms with E-state index in [1.807, 2.05) is 0 Å². The van der Waals surface area contributed by atoms with Gasteiger partial charge >= 0.3 is 5.97 Å². The summed E-state index contributed by atoms with van der Waals surface area (Å²) in [7, 11) is 0. The molecule has 0 unspecified atom stereocenters. The molecule has 2 heterocycles. The maximum Gasteiger partial charge on any atom is 0.338 e. The Morgan fingerprint density at radius 3 is 2.61 bits per heavy atom. The van der Waals surface area contributed by atoms with Crippen LogP contribution in [0.1, 0.15) is 49.5 Å². The van der Waals surface area contributed by atoms with Gasteiger partial charge in [-0.25, -0.2) is 4.79 Å². The number of halogens is 1. The number of rotatable bonds is 6. The highest BCUT2D eigenvalue weighted by molar-refractivity contribution is 6.31. The van der Waals surface area contributed by atoms with Gasteiger partial charge in [0.05, 0.1) is 18.1 Å². The number of fused-ring (bicyclic) bond motifs is 2. The number of anilines is 2. The zero-order valence-corrected chi connectivity index (χ0v) is 19.7. The third-order valence-corrected chi connectivity index (χ3v) is 6.46. The SMILES string of the molecule is CCOC(=O)c1ccc(NC(=O)[C@@H]2C[C@@H](CC(C)C)N[C@@]23C(=O)Nc2ccc(Cl)cc23)cc1. The van der Waals surface area contributed by atoms with E-state index in [1.54, 1.807) is 49.4 Å². The lowest BCUT2D eigenvalue weighted by molar-refractivity contribution is -0.130. The minimum absolute atomic E-state index is 0.00243. The molecule has 174 valence electrons. The van der Waals surface area contributed by atoms with Gasteiger partial charge in [0, 0.05) is 28.0 Å². The molecule has 1 saturated heterocycles. The molecule has 2 aliphatic heterocycles. The molecule has 2 amide bonds. The second-order valence-electron chi connectivity index (χ2n) is 9.00. The lowest BCUT2D eigenvalue weighted by atomic mass is 9.79. The topological polar surface area (TPSA) is 96.5 Å². The molecule has 2 aromatic carbocycles. The predicted octanol–water partition coefficient (Wildman–Crippen LogP) is 4.33. The van der Waals surface area contributed by atoms with Crippen LogP contribution < -0.4 is 16.0 Å². The van der Waals surface area contributed by atoms with E-state index in [-0.39, 0.29) is 17.9 Å². The second kappa shape index (κ2) is 9.15. The molecular weight excluding hydrogens is 442 g/mol. The van der Waals surface area contributed by atoms with Gasteiger partial charge < -0.3 is 15.4 Å². The largest absolute Gasteiger partial charge is 0.462 e. The monoisotopic (exact) mass is 469 g/mol. The number of carbonyl (C=O) groups excluding carboxylic acids is 3. The molecule has 3 N–H and O–H groups in total. The van der Waals surface area contributed by atoms with Crippen LogP contribution in [0.5, 0.6) is 0 Å². The van der Waals surface area contributed by atoms with Crippen molar-refractivity contribution in [1.29, 1.82) is 0 Å². The van der Waals surface area contributed by atoms with Gasteiger partial charge in [0.15, 0.2) is 0 Å². The minimum Gasteiger partial charge on any atom is -0.462 e. The van der Waals surface area contributed by atoms with Gasteiger partial charge in [-0.15, -0.1) is 0 Å². The molecule has 7 nitrogen and oxygen atoms in total. The molecule has 2 aromatic rings. The van der Waals surface area contributed by atoms with Crippen molar-refractivity contribution in [3.8, 4) is 0 Å². The lowest BCUT2D eigenvalue weighted by Gasteiger charge is -2.29. The number of amides is 2. The van der Waals surface area contributed by atoms with E-state index in [0.29, 0.717) is 46.5 Å². The number of nitrogens with one attached hydrogen (secondary N) is 3. The first-order chi connectivity index (χ1) is 15.7. The molecule has 1 fully saturated rings. The molecule has 0 aliphatic carbocycles. The van der Waals surface area contributed by atoms with Crippen molar-refractivity contribution in [3.05, 3.63) is 58.6 Å². The highest BCUT2D eigenvalue weighted by Gasteiger charge is 2.60. The zero-order valence-electron chi connectivity index (χ0n) is 18.9. The fraction of sp³-hybridized carbons (Fsp3) is 0.400. The maximum atomic E-state index is 13.5. The smallest absolute Gasteiger partial charge is 0.338 e. The van der Waals surface area contributed by atoms with Gasteiger partial charge in [0.2, 0.25) is 11.8 Å². The molecule has 3 atom stereocenters. The van der Waals surface area contributed by atoms with Crippen LogP contribution in [0.4, 0.5) is 11.4 Å². The van der Waals surface area contributed by atoms with Crippen molar-refractivity contribution in [1.82, 2.24) is 5.32 Å². The summed E-state index contributed by atoms with van der Waals surface area (Å²) in [5, 5.41) is 9.85. The van der Waals surface area contributed by atoms with Gasteiger partial charge in [-0.2, -0.15) is 0 Å². The van der Waals surface area contributed by atoms with Gasteiger partial charge in [-0.1, -0.05) is 25.4 Å². The highest BCUT2D eigenvalue weighted by Crippen LogP contribution is 2.48. The number of carbonyl (C=O) groups is 3. The Morgan fingerprint density at radius 1 is 1.21 bits per heavy atom. The quantitative estimate of drug-likeness (QED) is 0.547. The molecule has 1 spiro atoms. The van der Waals surface area contributed by atoms with Crippen LogP contribution in [-0.2, 0) is 19.9 Å². The highest BCUT2D eigenvalue weighted by atomic mass is 35.5. The van der Waals surface area contributed by atoms with Crippen molar-refractivity contribution in [2.75, 3.05) is 17.2 Å². The molecule has 0 saturated carbocycles. The van der Waals surface area contributed by atoms with Crippen LogP contribution in [0.2, 0.25) is 5.02 Å². The first-order valence-corrected chi connectivity index (χ1v) is 11.6. The standard InChI is InChI=1S/C25H28ClN3O4/c1-4-33-23(31)15-5-8-17(9-6-15)27-22(30)20-13-18(11-14(2)3)29-25(20)19-12-16(26)7-10-21(19)28-24(25)32/h5-10,12,14,18,20,29H,4,11,13H2,1-3H3,(H,27,30)(H,28,32)/t18-,20+,25-/m1/s1. The Balaban J connectivity index is 1.63. The maximum absolute atomic E-state index is 13.5. The summed E-state index contributed by atoms with van der Waals surface area (Å²) in [6.45, 7) is 6.27. The van der Waals surface area contributed by atoms with Crippen LogP contribution in [0.3, 0.4) is 0 Å². The zero-order chi connectivity index (χ0) is 23.8. The molecule has 0 bridgehead atoms. The summed E-state index contributed by atoms with van der Waals surface area (Å²) >= 11 is 6.27. The predicted molar refractivity (Wildman–Crippen MR) is 127 cm³/mol. The van der Waals surface area contributed by atoms with E-state index in [1.165, 1.54) is 0 Å². The first kappa shape index (κ1) is 23.3. The minimum atomic E-state index is -1.19. The van der Waals surface area contributed by atoms with Crippen molar-refractivity contribution < 1.29 is 19.1 Å². The average molecular weight is 470 g/mol. The van der Waals surface area contributed by atoms with Crippen molar-refractivity contribution >= 4 is 40.8 Å². The van der Waals surface area contributed by atoms with E-state index in [2.05, 4.69) is 29.8 Å².